The number of hydrogen-bond acceptors (Lipinski definition) is 4. The molecule has 0 radical (unpaired) electrons. The van der Waals surface area contributed by atoms with Crippen molar-refractivity contribution in [2.75, 3.05) is 0 Å². The van der Waals surface area contributed by atoms with E-state index in [0.29, 0.717) is 15.4 Å². The minimum atomic E-state index is -0.362. The van der Waals surface area contributed by atoms with Crippen LogP contribution in [0.25, 0.3) is 0 Å². The van der Waals surface area contributed by atoms with Crippen molar-refractivity contribution in [3.8, 4) is 10.9 Å². The normalized spacial score (nSPS) is 10.1. The summed E-state index contributed by atoms with van der Waals surface area (Å²) in [5.74, 6) is 0.0347. The summed E-state index contributed by atoms with van der Waals surface area (Å²) < 4.78 is 22.6. The first-order valence-corrected chi connectivity index (χ1v) is 5.21. The van der Waals surface area contributed by atoms with Gasteiger partial charge in [-0.2, -0.15) is 9.36 Å². The lowest BCUT2D eigenvalue weighted by Crippen LogP contribution is -1.84. The first-order valence-electron chi connectivity index (χ1n) is 3.64. The summed E-state index contributed by atoms with van der Waals surface area (Å²) in [7, 11) is 0. The maximum atomic E-state index is 12.9. The molecule has 1 aromatic heterocycles. The lowest BCUT2D eigenvalue weighted by Gasteiger charge is -2.01. The molecule has 0 amide bonds. The van der Waals surface area contributed by atoms with Crippen molar-refractivity contribution in [2.24, 2.45) is 0 Å². The van der Waals surface area contributed by atoms with Crippen LogP contribution >= 0.6 is 27.5 Å². The number of nitrogens with zero attached hydrogens (tertiary/aromatic N) is 2. The molecule has 0 N–H and O–H groups in total. The van der Waals surface area contributed by atoms with Gasteiger partial charge in [-0.1, -0.05) is 15.9 Å². The fourth-order valence-electron chi connectivity index (χ4n) is 0.896. The molecule has 72 valence electrons. The summed E-state index contributed by atoms with van der Waals surface area (Å²) in [6.45, 7) is 0. The van der Waals surface area contributed by atoms with Crippen molar-refractivity contribution in [1.82, 2.24) is 9.36 Å². The zero-order valence-corrected chi connectivity index (χ0v) is 9.18. The number of ether oxygens (including phenoxy) is 1. The molecule has 3 nitrogen and oxygen atoms in total. The summed E-state index contributed by atoms with van der Waals surface area (Å²) in [6, 6.07) is 4.30. The number of aromatic nitrogens is 2. The Kier molecular flexibility index (Phi) is 2.74. The summed E-state index contributed by atoms with van der Waals surface area (Å²) in [5, 5.41) is 0.391. The van der Waals surface area contributed by atoms with Crippen LogP contribution in [0, 0.1) is 5.82 Å². The zero-order valence-electron chi connectivity index (χ0n) is 6.78. The van der Waals surface area contributed by atoms with Gasteiger partial charge in [0.25, 0.3) is 5.19 Å². The Morgan fingerprint density at radius 2 is 2.21 bits per heavy atom. The number of benzene rings is 1. The molecule has 2 aromatic rings. The Balaban J connectivity index is 2.25. The number of rotatable bonds is 2. The van der Waals surface area contributed by atoms with Gasteiger partial charge >= 0.3 is 0 Å². The van der Waals surface area contributed by atoms with Crippen LogP contribution in [0.2, 0.25) is 0 Å². The third kappa shape index (κ3) is 2.27. The van der Waals surface area contributed by atoms with Crippen molar-refractivity contribution < 1.29 is 9.13 Å². The zero-order chi connectivity index (χ0) is 9.97. The van der Waals surface area contributed by atoms with E-state index in [-0.39, 0.29) is 5.82 Å². The van der Waals surface area contributed by atoms with Gasteiger partial charge in [0.2, 0.25) is 0 Å². The minimum Gasteiger partial charge on any atom is -0.430 e. The van der Waals surface area contributed by atoms with E-state index in [1.807, 2.05) is 0 Å². The fraction of sp³-hybridized carbons (Fsp3) is 0. The molecule has 0 atom stereocenters. The molecule has 14 heavy (non-hydrogen) atoms. The van der Waals surface area contributed by atoms with Gasteiger partial charge < -0.3 is 4.74 Å². The van der Waals surface area contributed by atoms with Crippen LogP contribution in [-0.2, 0) is 0 Å². The fourth-order valence-corrected chi connectivity index (χ4v) is 1.75. The first kappa shape index (κ1) is 9.54. The van der Waals surface area contributed by atoms with Gasteiger partial charge in [-0.05, 0) is 12.1 Å². The van der Waals surface area contributed by atoms with Gasteiger partial charge in [0.1, 0.15) is 17.9 Å². The van der Waals surface area contributed by atoms with Gasteiger partial charge in [-0.25, -0.2) is 4.39 Å². The van der Waals surface area contributed by atoms with Gasteiger partial charge in [-0.15, -0.1) is 0 Å². The Labute approximate surface area is 91.9 Å². The van der Waals surface area contributed by atoms with Gasteiger partial charge in [0, 0.05) is 22.1 Å². The predicted molar refractivity (Wildman–Crippen MR) is 54.1 cm³/mol. The predicted octanol–water partition coefficient (Wildman–Crippen LogP) is 3.23. The SMILES string of the molecule is Fc1cc(Br)cc(Oc2ncns2)c1. The van der Waals surface area contributed by atoms with Gasteiger partial charge in [-0.3, -0.25) is 0 Å². The van der Waals surface area contributed by atoms with E-state index >= 15 is 0 Å². The molecule has 0 bridgehead atoms. The molecule has 1 aromatic carbocycles. The Morgan fingerprint density at radius 1 is 1.36 bits per heavy atom. The third-order valence-electron chi connectivity index (χ3n) is 1.38. The molecule has 0 aliphatic rings. The van der Waals surface area contributed by atoms with E-state index in [1.54, 1.807) is 6.07 Å². The molecule has 0 fully saturated rings. The topological polar surface area (TPSA) is 35.0 Å². The standard InChI is InChI=1S/C8H4BrFN2OS/c9-5-1-6(10)3-7(2-5)13-8-11-4-12-14-8/h1-4H. The van der Waals surface area contributed by atoms with Crippen molar-refractivity contribution in [1.29, 1.82) is 0 Å². The molecular formula is C8H4BrFN2OS. The van der Waals surface area contributed by atoms with Crippen LogP contribution in [0.15, 0.2) is 29.0 Å². The summed E-state index contributed by atoms with van der Waals surface area (Å²) >= 11 is 4.27. The van der Waals surface area contributed by atoms with Crippen molar-refractivity contribution in [3.05, 3.63) is 34.8 Å². The van der Waals surface area contributed by atoms with Crippen LogP contribution in [0.4, 0.5) is 4.39 Å². The number of hydrogen-bond donors (Lipinski definition) is 0. The highest BCUT2D eigenvalue weighted by Crippen LogP contribution is 2.25. The van der Waals surface area contributed by atoms with E-state index in [0.717, 1.165) is 11.5 Å². The third-order valence-corrected chi connectivity index (χ3v) is 2.38. The quantitative estimate of drug-likeness (QED) is 0.844. The molecule has 0 spiro atoms. The second-order valence-electron chi connectivity index (χ2n) is 2.41. The van der Waals surface area contributed by atoms with Crippen molar-refractivity contribution in [2.45, 2.75) is 0 Å². The van der Waals surface area contributed by atoms with Crippen LogP contribution in [0.5, 0.6) is 10.9 Å². The van der Waals surface area contributed by atoms with Gasteiger partial charge in [0.15, 0.2) is 0 Å². The maximum Gasteiger partial charge on any atom is 0.298 e. The lowest BCUT2D eigenvalue weighted by molar-refractivity contribution is 0.472. The molecule has 0 aliphatic carbocycles. The van der Waals surface area contributed by atoms with E-state index < -0.39 is 0 Å². The number of halogens is 2. The summed E-state index contributed by atoms with van der Waals surface area (Å²) in [5.41, 5.74) is 0. The van der Waals surface area contributed by atoms with Gasteiger partial charge in [0.05, 0.1) is 0 Å². The molecular weight excluding hydrogens is 271 g/mol. The summed E-state index contributed by atoms with van der Waals surface area (Å²) in [4.78, 5) is 3.82. The van der Waals surface area contributed by atoms with E-state index in [9.17, 15) is 4.39 Å². The van der Waals surface area contributed by atoms with E-state index in [1.165, 1.54) is 18.5 Å². The van der Waals surface area contributed by atoms with Crippen LogP contribution in [0.1, 0.15) is 0 Å². The molecule has 0 saturated carbocycles. The highest BCUT2D eigenvalue weighted by Gasteiger charge is 2.03. The average Bonchev–Trinajstić information content (AvgIpc) is 2.54. The maximum absolute atomic E-state index is 12.9. The molecule has 0 unspecified atom stereocenters. The van der Waals surface area contributed by atoms with E-state index in [4.69, 9.17) is 4.74 Å². The average molecular weight is 275 g/mol. The van der Waals surface area contributed by atoms with Crippen LogP contribution in [0.3, 0.4) is 0 Å². The second-order valence-corrected chi connectivity index (χ2v) is 4.07. The van der Waals surface area contributed by atoms with Crippen LogP contribution in [-0.4, -0.2) is 9.36 Å². The van der Waals surface area contributed by atoms with E-state index in [2.05, 4.69) is 25.3 Å². The smallest absolute Gasteiger partial charge is 0.298 e. The van der Waals surface area contributed by atoms with Crippen molar-refractivity contribution in [3.63, 3.8) is 0 Å². The highest BCUT2D eigenvalue weighted by molar-refractivity contribution is 9.10. The largest absolute Gasteiger partial charge is 0.430 e. The molecule has 6 heteroatoms. The first-order chi connectivity index (χ1) is 6.74. The molecule has 0 saturated heterocycles. The highest BCUT2D eigenvalue weighted by atomic mass is 79.9. The Bertz CT molecular complexity index is 415. The molecule has 0 aliphatic heterocycles. The second kappa shape index (κ2) is 4.02. The molecule has 1 heterocycles. The monoisotopic (exact) mass is 274 g/mol. The Morgan fingerprint density at radius 3 is 2.86 bits per heavy atom. The van der Waals surface area contributed by atoms with Crippen molar-refractivity contribution >= 4 is 27.5 Å². The van der Waals surface area contributed by atoms with Crippen LogP contribution < -0.4 is 4.74 Å². The summed E-state index contributed by atoms with van der Waals surface area (Å²) in [6.07, 6.45) is 1.38. The lowest BCUT2D eigenvalue weighted by atomic mass is 10.3. The Hall–Kier alpha value is -1.01. The molecule has 2 rings (SSSR count). The minimum absolute atomic E-state index is 0.362.